The number of carbonyl (C=O) groups excluding carboxylic acids is 2. The molecule has 4 rings (SSSR count). The number of likely N-dealkylation sites (tertiary alicyclic amines) is 1. The summed E-state index contributed by atoms with van der Waals surface area (Å²) in [5.74, 6) is -0.654. The molecule has 0 saturated carbocycles. The van der Waals surface area contributed by atoms with Crippen LogP contribution in [0, 0.1) is 20.8 Å². The number of rotatable bonds is 7. The third kappa shape index (κ3) is 6.07. The first-order valence-electron chi connectivity index (χ1n) is 13.0. The minimum atomic E-state index is -4.05. The van der Waals surface area contributed by atoms with Crippen molar-refractivity contribution in [3.63, 3.8) is 0 Å². The van der Waals surface area contributed by atoms with Gasteiger partial charge in [-0.3, -0.25) is 13.9 Å². The van der Waals surface area contributed by atoms with Crippen LogP contribution in [0.5, 0.6) is 0 Å². The Morgan fingerprint density at radius 1 is 0.842 bits per heavy atom. The van der Waals surface area contributed by atoms with E-state index in [1.54, 1.807) is 60.7 Å². The maximum Gasteiger partial charge on any atom is 0.264 e. The summed E-state index contributed by atoms with van der Waals surface area (Å²) in [6.07, 6.45) is 4.13. The maximum absolute atomic E-state index is 13.8. The predicted octanol–water partition coefficient (Wildman–Crippen LogP) is 5.46. The molecule has 1 aliphatic rings. The fourth-order valence-corrected chi connectivity index (χ4v) is 6.16. The van der Waals surface area contributed by atoms with Gasteiger partial charge in [0.15, 0.2) is 0 Å². The van der Waals surface area contributed by atoms with Crippen molar-refractivity contribution in [3.05, 3.63) is 89.0 Å². The SMILES string of the molecule is Cc1ccc(S(=O)(=O)N(CC(=O)Nc2ccccc2C(=O)N2CCCCCC2)c2cccc(C)c2C)cc1. The number of carbonyl (C=O) groups is 2. The monoisotopic (exact) mass is 533 g/mol. The van der Waals surface area contributed by atoms with Gasteiger partial charge in [0.2, 0.25) is 5.91 Å². The minimum Gasteiger partial charge on any atom is -0.339 e. The van der Waals surface area contributed by atoms with Crippen LogP contribution in [-0.4, -0.2) is 44.8 Å². The molecule has 0 spiro atoms. The topological polar surface area (TPSA) is 86.8 Å². The molecule has 1 fully saturated rings. The van der Waals surface area contributed by atoms with Crippen molar-refractivity contribution in [2.75, 3.05) is 29.3 Å². The van der Waals surface area contributed by atoms with Gasteiger partial charge in [-0.05, 0) is 75.1 Å². The van der Waals surface area contributed by atoms with Crippen molar-refractivity contribution in [2.45, 2.75) is 51.3 Å². The van der Waals surface area contributed by atoms with E-state index in [0.29, 0.717) is 30.0 Å². The summed E-state index contributed by atoms with van der Waals surface area (Å²) in [4.78, 5) is 28.6. The smallest absolute Gasteiger partial charge is 0.264 e. The molecule has 38 heavy (non-hydrogen) atoms. The van der Waals surface area contributed by atoms with E-state index in [1.807, 2.05) is 31.7 Å². The van der Waals surface area contributed by atoms with Crippen LogP contribution in [0.1, 0.15) is 52.7 Å². The van der Waals surface area contributed by atoms with E-state index in [1.165, 1.54) is 0 Å². The number of para-hydroxylation sites is 1. The summed E-state index contributed by atoms with van der Waals surface area (Å²) < 4.78 is 28.7. The van der Waals surface area contributed by atoms with Gasteiger partial charge < -0.3 is 10.2 Å². The number of nitrogens with one attached hydrogen (secondary N) is 1. The van der Waals surface area contributed by atoms with Crippen molar-refractivity contribution in [3.8, 4) is 0 Å². The second-order valence-corrected chi connectivity index (χ2v) is 11.7. The average molecular weight is 534 g/mol. The van der Waals surface area contributed by atoms with Gasteiger partial charge in [0.1, 0.15) is 6.54 Å². The van der Waals surface area contributed by atoms with E-state index in [2.05, 4.69) is 5.32 Å². The highest BCUT2D eigenvalue weighted by molar-refractivity contribution is 7.92. The molecule has 2 amide bonds. The lowest BCUT2D eigenvalue weighted by molar-refractivity contribution is -0.114. The molecule has 3 aromatic rings. The van der Waals surface area contributed by atoms with Crippen molar-refractivity contribution >= 4 is 33.2 Å². The number of benzene rings is 3. The van der Waals surface area contributed by atoms with Crippen LogP contribution in [0.25, 0.3) is 0 Å². The van der Waals surface area contributed by atoms with Gasteiger partial charge in [0, 0.05) is 13.1 Å². The Morgan fingerprint density at radius 3 is 2.18 bits per heavy atom. The molecule has 1 N–H and O–H groups in total. The molecule has 1 aliphatic heterocycles. The Labute approximate surface area is 225 Å². The van der Waals surface area contributed by atoms with Crippen molar-refractivity contribution in [1.82, 2.24) is 4.90 Å². The van der Waals surface area contributed by atoms with Gasteiger partial charge in [0.05, 0.1) is 21.8 Å². The first-order chi connectivity index (χ1) is 18.2. The normalized spacial score (nSPS) is 14.0. The Morgan fingerprint density at radius 2 is 1.50 bits per heavy atom. The summed E-state index contributed by atoms with van der Waals surface area (Å²) in [5.41, 5.74) is 3.84. The zero-order chi connectivity index (χ0) is 27.3. The van der Waals surface area contributed by atoms with E-state index in [-0.39, 0.29) is 10.8 Å². The molecule has 7 nitrogen and oxygen atoms in total. The summed E-state index contributed by atoms with van der Waals surface area (Å²) in [7, 11) is -4.05. The highest BCUT2D eigenvalue weighted by Gasteiger charge is 2.29. The van der Waals surface area contributed by atoms with Crippen LogP contribution >= 0.6 is 0 Å². The van der Waals surface area contributed by atoms with Crippen molar-refractivity contribution < 1.29 is 18.0 Å². The van der Waals surface area contributed by atoms with E-state index in [4.69, 9.17) is 0 Å². The third-order valence-electron chi connectivity index (χ3n) is 7.07. The molecule has 0 bridgehead atoms. The van der Waals surface area contributed by atoms with Crippen molar-refractivity contribution in [2.24, 2.45) is 0 Å². The third-order valence-corrected chi connectivity index (χ3v) is 8.84. The molecule has 1 heterocycles. The number of anilines is 2. The van der Waals surface area contributed by atoms with E-state index < -0.39 is 22.5 Å². The number of sulfonamides is 1. The van der Waals surface area contributed by atoms with Crippen LogP contribution in [0.2, 0.25) is 0 Å². The fourth-order valence-electron chi connectivity index (χ4n) is 4.69. The maximum atomic E-state index is 13.8. The molecule has 1 saturated heterocycles. The first-order valence-corrected chi connectivity index (χ1v) is 14.5. The molecular weight excluding hydrogens is 498 g/mol. The number of nitrogens with zero attached hydrogens (tertiary/aromatic N) is 2. The Kier molecular flexibility index (Phi) is 8.52. The second-order valence-electron chi connectivity index (χ2n) is 9.84. The number of hydrogen-bond donors (Lipinski definition) is 1. The zero-order valence-corrected chi connectivity index (χ0v) is 23.1. The van der Waals surface area contributed by atoms with Crippen molar-refractivity contribution in [1.29, 1.82) is 0 Å². The standard InChI is InChI=1S/C30H35N3O4S/c1-22-15-17-25(18-16-22)38(36,37)33(28-14-10-11-23(2)24(28)3)21-29(34)31-27-13-7-6-12-26(27)30(35)32-19-8-4-5-9-20-32/h6-7,10-18H,4-5,8-9,19-21H2,1-3H3,(H,31,34). The second kappa shape index (κ2) is 11.8. The average Bonchev–Trinajstić information content (AvgIpc) is 3.19. The molecule has 0 aliphatic carbocycles. The van der Waals surface area contributed by atoms with Gasteiger partial charge >= 0.3 is 0 Å². The molecule has 8 heteroatoms. The molecule has 3 aromatic carbocycles. The minimum absolute atomic E-state index is 0.105. The lowest BCUT2D eigenvalue weighted by Crippen LogP contribution is -2.39. The van der Waals surface area contributed by atoms with E-state index in [0.717, 1.165) is 46.7 Å². The van der Waals surface area contributed by atoms with Gasteiger partial charge in [-0.1, -0.05) is 54.8 Å². The summed E-state index contributed by atoms with van der Waals surface area (Å²) in [5, 5.41) is 2.82. The molecule has 0 aromatic heterocycles. The number of aryl methyl sites for hydroxylation is 2. The molecule has 0 atom stereocenters. The van der Waals surface area contributed by atoms with Crippen LogP contribution in [-0.2, 0) is 14.8 Å². The molecule has 0 unspecified atom stereocenters. The van der Waals surface area contributed by atoms with Crippen LogP contribution in [0.4, 0.5) is 11.4 Å². The lowest BCUT2D eigenvalue weighted by Gasteiger charge is -2.27. The highest BCUT2D eigenvalue weighted by Crippen LogP contribution is 2.29. The first kappa shape index (κ1) is 27.4. The van der Waals surface area contributed by atoms with Crippen LogP contribution in [0.3, 0.4) is 0 Å². The molecular formula is C30H35N3O4S. The Hall–Kier alpha value is -3.65. The van der Waals surface area contributed by atoms with Crippen LogP contribution < -0.4 is 9.62 Å². The van der Waals surface area contributed by atoms with E-state index >= 15 is 0 Å². The van der Waals surface area contributed by atoms with Gasteiger partial charge in [-0.25, -0.2) is 8.42 Å². The van der Waals surface area contributed by atoms with E-state index in [9.17, 15) is 18.0 Å². The fraction of sp³-hybridized carbons (Fsp3) is 0.333. The van der Waals surface area contributed by atoms with Gasteiger partial charge in [-0.15, -0.1) is 0 Å². The lowest BCUT2D eigenvalue weighted by atomic mass is 10.1. The molecule has 200 valence electrons. The van der Waals surface area contributed by atoms with Crippen LogP contribution in [0.15, 0.2) is 71.6 Å². The molecule has 0 radical (unpaired) electrons. The number of amides is 2. The van der Waals surface area contributed by atoms with Gasteiger partial charge in [0.25, 0.3) is 15.9 Å². The van der Waals surface area contributed by atoms with Gasteiger partial charge in [-0.2, -0.15) is 0 Å². The summed E-state index contributed by atoms with van der Waals surface area (Å²) >= 11 is 0. The zero-order valence-electron chi connectivity index (χ0n) is 22.2. The highest BCUT2D eigenvalue weighted by atomic mass is 32.2. The largest absolute Gasteiger partial charge is 0.339 e. The number of hydrogen-bond acceptors (Lipinski definition) is 4. The predicted molar refractivity (Wildman–Crippen MR) is 151 cm³/mol. The summed E-state index contributed by atoms with van der Waals surface area (Å²) in [6, 6.07) is 18.9. The quantitative estimate of drug-likeness (QED) is 0.437. The Bertz CT molecular complexity index is 1410. The Balaban J connectivity index is 1.64. The summed E-state index contributed by atoms with van der Waals surface area (Å²) in [6.45, 7) is 6.58.